The van der Waals surface area contributed by atoms with Gasteiger partial charge in [-0.3, -0.25) is 0 Å². The highest BCUT2D eigenvalue weighted by Crippen LogP contribution is 2.72. The molecule has 0 amide bonds. The van der Waals surface area contributed by atoms with Crippen molar-refractivity contribution in [3.63, 3.8) is 0 Å². The van der Waals surface area contributed by atoms with Crippen LogP contribution in [0.4, 0.5) is 0 Å². The average molecular weight is 457 g/mol. The van der Waals surface area contributed by atoms with E-state index in [1.54, 1.807) is 0 Å². The summed E-state index contributed by atoms with van der Waals surface area (Å²) in [6.07, 6.45) is 12.2. The molecule has 0 radical (unpaired) electrons. The van der Waals surface area contributed by atoms with Crippen molar-refractivity contribution in [3.8, 4) is 0 Å². The third-order valence-corrected chi connectivity index (χ3v) is 11.6. The van der Waals surface area contributed by atoms with Gasteiger partial charge in [-0.05, 0) is 98.2 Å². The van der Waals surface area contributed by atoms with Crippen LogP contribution in [0.1, 0.15) is 92.4 Å². The molecule has 5 aliphatic rings. The molecule has 0 aromatic carbocycles. The molecule has 1 aliphatic heterocycles. The van der Waals surface area contributed by atoms with Gasteiger partial charge in [0.1, 0.15) is 6.10 Å². The van der Waals surface area contributed by atoms with Gasteiger partial charge in [-0.2, -0.15) is 0 Å². The summed E-state index contributed by atoms with van der Waals surface area (Å²) in [7, 11) is 0. The van der Waals surface area contributed by atoms with Crippen LogP contribution in [0.3, 0.4) is 0 Å². The summed E-state index contributed by atoms with van der Waals surface area (Å²) in [5.74, 6) is 1.98. The molecule has 3 saturated carbocycles. The van der Waals surface area contributed by atoms with E-state index in [1.165, 1.54) is 31.3 Å². The van der Waals surface area contributed by atoms with Crippen LogP contribution < -0.4 is 0 Å². The Labute approximate surface area is 199 Å². The van der Waals surface area contributed by atoms with Crippen molar-refractivity contribution in [2.75, 3.05) is 6.61 Å². The summed E-state index contributed by atoms with van der Waals surface area (Å²) in [4.78, 5) is 12.5. The predicted octanol–water partition coefficient (Wildman–Crippen LogP) is 5.58. The maximum Gasteiger partial charge on any atom is 0.336 e. The highest BCUT2D eigenvalue weighted by molar-refractivity contribution is 5.90. The fourth-order valence-corrected chi connectivity index (χ4v) is 9.80. The molecular formula is C29H44O4. The molecule has 0 saturated heterocycles. The van der Waals surface area contributed by atoms with E-state index >= 15 is 0 Å². The van der Waals surface area contributed by atoms with Crippen LogP contribution in [0.15, 0.2) is 22.8 Å². The van der Waals surface area contributed by atoms with E-state index in [9.17, 15) is 15.0 Å². The first-order valence-corrected chi connectivity index (χ1v) is 13.4. The Hall–Kier alpha value is -1.13. The number of rotatable bonds is 3. The molecule has 1 heterocycles. The zero-order valence-electron chi connectivity index (χ0n) is 21.3. The molecule has 1 unspecified atom stereocenters. The van der Waals surface area contributed by atoms with Crippen molar-refractivity contribution in [1.82, 2.24) is 0 Å². The molecule has 4 aliphatic carbocycles. The third kappa shape index (κ3) is 3.33. The number of aliphatic hydroxyl groups is 2. The van der Waals surface area contributed by atoms with Crippen LogP contribution in [-0.2, 0) is 9.53 Å². The molecule has 184 valence electrons. The second kappa shape index (κ2) is 7.95. The van der Waals surface area contributed by atoms with E-state index in [0.717, 1.165) is 37.7 Å². The molecule has 0 aromatic rings. The van der Waals surface area contributed by atoms with E-state index in [-0.39, 0.29) is 35.6 Å². The molecule has 33 heavy (non-hydrogen) atoms. The van der Waals surface area contributed by atoms with Gasteiger partial charge in [0.2, 0.25) is 0 Å². The van der Waals surface area contributed by atoms with Crippen LogP contribution in [0, 0.1) is 39.9 Å². The molecule has 9 atom stereocenters. The van der Waals surface area contributed by atoms with Crippen molar-refractivity contribution in [2.24, 2.45) is 39.9 Å². The van der Waals surface area contributed by atoms with Gasteiger partial charge in [0.25, 0.3) is 0 Å². The van der Waals surface area contributed by atoms with Crippen LogP contribution in [0.2, 0.25) is 0 Å². The number of carbonyl (C=O) groups excluding carboxylic acids is 1. The SMILES string of the molecule is CC1=C(CO)C(=O)O[C@H]([C@@H](C)[C@H]2CCC3[C@]2(C)CC[C@@H]2[C@@]4(C)CC[C@H](O)CC4=CC[C@@]32C)C1. The summed E-state index contributed by atoms with van der Waals surface area (Å²) < 4.78 is 5.90. The maximum absolute atomic E-state index is 12.5. The van der Waals surface area contributed by atoms with Crippen molar-refractivity contribution in [2.45, 2.75) is 105 Å². The normalized spacial score (nSPS) is 48.4. The van der Waals surface area contributed by atoms with Crippen molar-refractivity contribution in [1.29, 1.82) is 0 Å². The van der Waals surface area contributed by atoms with E-state index in [1.807, 2.05) is 6.92 Å². The van der Waals surface area contributed by atoms with Crippen LogP contribution in [-0.4, -0.2) is 35.0 Å². The highest BCUT2D eigenvalue weighted by Gasteiger charge is 2.64. The standard InChI is InChI=1S/C29H44O4/c1-17-14-23(33-26(32)21(17)16-30)18(2)22-6-7-24-28(22,4)13-10-25-27(3)12-9-20(31)15-19(27)8-11-29(24,25)5/h8,18,20,22-25,30-31H,6-7,9-16H2,1-5H3/t18-,20-,22+,23-,24?,25+,27-,28+,29-/m0/s1. The first-order chi connectivity index (χ1) is 15.5. The number of carbonyl (C=O) groups is 1. The minimum Gasteiger partial charge on any atom is -0.458 e. The fourth-order valence-electron chi connectivity index (χ4n) is 9.80. The lowest BCUT2D eigenvalue weighted by Crippen LogP contribution is -2.56. The average Bonchev–Trinajstić information content (AvgIpc) is 3.12. The smallest absolute Gasteiger partial charge is 0.336 e. The number of esters is 1. The van der Waals surface area contributed by atoms with Gasteiger partial charge in [-0.1, -0.05) is 44.9 Å². The molecule has 0 aromatic heterocycles. The van der Waals surface area contributed by atoms with Gasteiger partial charge in [-0.15, -0.1) is 0 Å². The fraction of sp³-hybridized carbons (Fsp3) is 0.828. The summed E-state index contributed by atoms with van der Waals surface area (Å²) in [6, 6.07) is 0. The Kier molecular flexibility index (Phi) is 5.68. The summed E-state index contributed by atoms with van der Waals surface area (Å²) >= 11 is 0. The zero-order valence-corrected chi connectivity index (χ0v) is 21.3. The van der Waals surface area contributed by atoms with Crippen molar-refractivity contribution < 1.29 is 19.7 Å². The van der Waals surface area contributed by atoms with Gasteiger partial charge >= 0.3 is 5.97 Å². The molecule has 0 spiro atoms. The summed E-state index contributed by atoms with van der Waals surface area (Å²) in [5, 5.41) is 19.9. The van der Waals surface area contributed by atoms with Gasteiger partial charge in [-0.25, -0.2) is 4.79 Å². The number of ether oxygens (including phenoxy) is 1. The first kappa shape index (κ1) is 23.6. The van der Waals surface area contributed by atoms with E-state index < -0.39 is 0 Å². The zero-order chi connectivity index (χ0) is 23.8. The monoisotopic (exact) mass is 456 g/mol. The lowest BCUT2D eigenvalue weighted by Gasteiger charge is -2.63. The van der Waals surface area contributed by atoms with Crippen LogP contribution in [0.5, 0.6) is 0 Å². The largest absolute Gasteiger partial charge is 0.458 e. The Morgan fingerprint density at radius 3 is 2.52 bits per heavy atom. The van der Waals surface area contributed by atoms with E-state index in [2.05, 4.69) is 33.8 Å². The molecule has 2 N–H and O–H groups in total. The second-order valence-electron chi connectivity index (χ2n) is 13.0. The lowest BCUT2D eigenvalue weighted by molar-refractivity contribution is -0.154. The molecule has 4 nitrogen and oxygen atoms in total. The molecular weight excluding hydrogens is 412 g/mol. The number of cyclic esters (lactones) is 1. The Morgan fingerprint density at radius 2 is 1.82 bits per heavy atom. The third-order valence-electron chi connectivity index (χ3n) is 11.6. The topological polar surface area (TPSA) is 66.8 Å². The molecule has 3 fully saturated rings. The van der Waals surface area contributed by atoms with E-state index in [4.69, 9.17) is 4.74 Å². The van der Waals surface area contributed by atoms with Gasteiger partial charge in [0.05, 0.1) is 18.3 Å². The quantitative estimate of drug-likeness (QED) is 0.430. The van der Waals surface area contributed by atoms with Crippen LogP contribution >= 0.6 is 0 Å². The van der Waals surface area contributed by atoms with Crippen molar-refractivity contribution in [3.05, 3.63) is 22.8 Å². The van der Waals surface area contributed by atoms with E-state index in [0.29, 0.717) is 34.7 Å². The number of hydrogen-bond acceptors (Lipinski definition) is 4. The molecule has 0 bridgehead atoms. The maximum atomic E-state index is 12.5. The summed E-state index contributed by atoms with van der Waals surface area (Å²) in [5.41, 5.74) is 3.83. The molecule has 5 rings (SSSR count). The number of fused-ring (bicyclic) bond motifs is 5. The van der Waals surface area contributed by atoms with Gasteiger partial charge in [0.15, 0.2) is 0 Å². The number of allylic oxidation sites excluding steroid dienone is 1. The Bertz CT molecular complexity index is 888. The van der Waals surface area contributed by atoms with Crippen LogP contribution in [0.25, 0.3) is 0 Å². The number of hydrogen-bond donors (Lipinski definition) is 2. The first-order valence-electron chi connectivity index (χ1n) is 13.4. The predicted molar refractivity (Wildman–Crippen MR) is 129 cm³/mol. The molecule has 4 heteroatoms. The minimum atomic E-state index is -0.314. The van der Waals surface area contributed by atoms with Crippen molar-refractivity contribution >= 4 is 5.97 Å². The van der Waals surface area contributed by atoms with Gasteiger partial charge in [0, 0.05) is 6.42 Å². The minimum absolute atomic E-state index is 0.0749. The lowest BCUT2D eigenvalue weighted by atomic mass is 9.41. The Morgan fingerprint density at radius 1 is 1.06 bits per heavy atom. The second-order valence-corrected chi connectivity index (χ2v) is 13.0. The van der Waals surface area contributed by atoms with Gasteiger partial charge < -0.3 is 14.9 Å². The Balaban J connectivity index is 1.41. The highest BCUT2D eigenvalue weighted by atomic mass is 16.5. The number of aliphatic hydroxyl groups excluding tert-OH is 2. The summed E-state index contributed by atoms with van der Waals surface area (Å²) in [6.45, 7) is 11.7.